The number of benzene rings is 1. The Kier molecular flexibility index (Phi) is 2.38. The van der Waals surface area contributed by atoms with E-state index in [2.05, 4.69) is 10.2 Å². The third-order valence-electron chi connectivity index (χ3n) is 4.30. The second-order valence-electron chi connectivity index (χ2n) is 5.90. The van der Waals surface area contributed by atoms with Crippen LogP contribution in [-0.4, -0.2) is 24.5 Å². The van der Waals surface area contributed by atoms with E-state index in [4.69, 9.17) is 9.40 Å². The molecule has 0 atom stereocenters. The maximum absolute atomic E-state index is 11.7. The molecule has 4 aromatic heterocycles. The summed E-state index contributed by atoms with van der Waals surface area (Å²) in [5.41, 5.74) is 4.55. The molecule has 7 heteroatoms. The second-order valence-corrected chi connectivity index (χ2v) is 5.90. The molecule has 0 saturated heterocycles. The molecule has 0 aliphatic carbocycles. The first-order chi connectivity index (χ1) is 11.6. The summed E-state index contributed by atoms with van der Waals surface area (Å²) >= 11 is 0. The van der Waals surface area contributed by atoms with E-state index in [0.29, 0.717) is 11.2 Å². The van der Waals surface area contributed by atoms with Crippen LogP contribution in [0.25, 0.3) is 44.2 Å². The van der Waals surface area contributed by atoms with Crippen molar-refractivity contribution in [3.05, 3.63) is 47.0 Å². The minimum absolute atomic E-state index is 0.0811. The van der Waals surface area contributed by atoms with Crippen LogP contribution in [0.15, 0.2) is 46.0 Å². The molecule has 5 rings (SSSR count). The van der Waals surface area contributed by atoms with Crippen LogP contribution >= 0.6 is 0 Å². The van der Waals surface area contributed by atoms with E-state index in [9.17, 15) is 4.79 Å². The van der Waals surface area contributed by atoms with Crippen LogP contribution < -0.4 is 5.43 Å². The van der Waals surface area contributed by atoms with Gasteiger partial charge in [0.25, 0.3) is 0 Å². The molecule has 1 aromatic carbocycles. The molecule has 0 bridgehead atoms. The van der Waals surface area contributed by atoms with Gasteiger partial charge in [-0.15, -0.1) is 0 Å². The quantitative estimate of drug-likeness (QED) is 0.515. The minimum atomic E-state index is -0.0811. The number of H-pyrrole nitrogens is 1. The van der Waals surface area contributed by atoms with E-state index in [1.165, 1.54) is 12.1 Å². The van der Waals surface area contributed by atoms with Gasteiger partial charge in [-0.05, 0) is 12.1 Å². The summed E-state index contributed by atoms with van der Waals surface area (Å²) in [5.74, 6) is 0. The van der Waals surface area contributed by atoms with E-state index in [1.54, 1.807) is 16.9 Å². The van der Waals surface area contributed by atoms with E-state index in [0.717, 1.165) is 33.1 Å². The van der Waals surface area contributed by atoms with Crippen molar-refractivity contribution in [2.75, 3.05) is 0 Å². The predicted molar refractivity (Wildman–Crippen MR) is 90.8 cm³/mol. The van der Waals surface area contributed by atoms with Crippen molar-refractivity contribution in [1.82, 2.24) is 24.5 Å². The highest BCUT2D eigenvalue weighted by atomic mass is 16.3. The topological polar surface area (TPSA) is 81.6 Å². The zero-order valence-electron chi connectivity index (χ0n) is 13.1. The van der Waals surface area contributed by atoms with Crippen molar-refractivity contribution in [3.8, 4) is 11.1 Å². The van der Waals surface area contributed by atoms with Crippen LogP contribution in [0.2, 0.25) is 0 Å². The molecule has 0 fully saturated rings. The molecular weight excluding hydrogens is 306 g/mol. The molecule has 0 radical (unpaired) electrons. The third kappa shape index (κ3) is 1.63. The average molecular weight is 319 g/mol. The van der Waals surface area contributed by atoms with E-state index >= 15 is 0 Å². The number of hydrogen-bond acceptors (Lipinski definition) is 4. The lowest BCUT2D eigenvalue weighted by Gasteiger charge is -2.02. The summed E-state index contributed by atoms with van der Waals surface area (Å²) in [5, 5.41) is 9.19. The number of pyridine rings is 1. The fourth-order valence-corrected chi connectivity index (χ4v) is 3.20. The van der Waals surface area contributed by atoms with Gasteiger partial charge in [-0.3, -0.25) is 14.2 Å². The number of nitrogens with zero attached hydrogens (tertiary/aromatic N) is 4. The van der Waals surface area contributed by atoms with Gasteiger partial charge >= 0.3 is 0 Å². The Balaban J connectivity index is 2.05. The van der Waals surface area contributed by atoms with Crippen molar-refractivity contribution in [3.63, 3.8) is 0 Å². The first-order valence-corrected chi connectivity index (χ1v) is 7.51. The molecule has 0 aliphatic rings. The number of aromatic nitrogens is 5. The fourth-order valence-electron chi connectivity index (χ4n) is 3.20. The average Bonchev–Trinajstić information content (AvgIpc) is 3.23. The highest BCUT2D eigenvalue weighted by Crippen LogP contribution is 2.38. The Morgan fingerprint density at radius 2 is 2.08 bits per heavy atom. The molecule has 24 heavy (non-hydrogen) atoms. The molecule has 0 spiro atoms. The van der Waals surface area contributed by atoms with E-state index in [1.807, 2.05) is 31.2 Å². The Bertz CT molecular complexity index is 1300. The zero-order valence-corrected chi connectivity index (χ0v) is 13.1. The standard InChI is InChI=1S/C17H13N5O2/c1-21-8-9(6-18-21)14-12-7-19-22(2)17(12)20-15-11-4-3-10(23)5-13(11)24-16(14)15/h3-8,19H,1-2H3. The first-order valence-electron chi connectivity index (χ1n) is 7.51. The molecular formula is C17H13N5O2. The summed E-state index contributed by atoms with van der Waals surface area (Å²) in [4.78, 5) is 16.4. The van der Waals surface area contributed by atoms with Crippen LogP contribution in [0.4, 0.5) is 0 Å². The van der Waals surface area contributed by atoms with E-state index in [-0.39, 0.29) is 5.43 Å². The van der Waals surface area contributed by atoms with Crippen molar-refractivity contribution in [1.29, 1.82) is 0 Å². The van der Waals surface area contributed by atoms with Crippen LogP contribution in [-0.2, 0) is 14.1 Å². The Morgan fingerprint density at radius 1 is 1.21 bits per heavy atom. The number of furan rings is 1. The predicted octanol–water partition coefficient (Wildman–Crippen LogP) is 2.56. The summed E-state index contributed by atoms with van der Waals surface area (Å²) < 4.78 is 9.63. The summed E-state index contributed by atoms with van der Waals surface area (Å²) in [7, 11) is 3.78. The Hall–Kier alpha value is -3.35. The summed E-state index contributed by atoms with van der Waals surface area (Å²) in [6.45, 7) is 0. The van der Waals surface area contributed by atoms with Gasteiger partial charge in [0, 0.05) is 54.5 Å². The lowest BCUT2D eigenvalue weighted by Crippen LogP contribution is -1.94. The van der Waals surface area contributed by atoms with Crippen molar-refractivity contribution in [2.45, 2.75) is 0 Å². The first kappa shape index (κ1) is 13.1. The van der Waals surface area contributed by atoms with Crippen molar-refractivity contribution < 1.29 is 4.42 Å². The number of fused-ring (bicyclic) bond motifs is 4. The molecule has 7 nitrogen and oxygen atoms in total. The van der Waals surface area contributed by atoms with Crippen LogP contribution in [0.3, 0.4) is 0 Å². The van der Waals surface area contributed by atoms with Crippen molar-refractivity contribution >= 4 is 33.1 Å². The molecule has 0 aliphatic heterocycles. The SMILES string of the molecule is Cn1cc(-c2c3c[nH]n(C)c3nc3c2oc2cc(=O)ccc23)cn1. The summed E-state index contributed by atoms with van der Waals surface area (Å²) in [6, 6.07) is 4.80. The number of aromatic amines is 1. The normalized spacial score (nSPS) is 11.9. The number of nitrogens with one attached hydrogen (secondary N) is 1. The molecule has 0 amide bonds. The van der Waals surface area contributed by atoms with Crippen LogP contribution in [0.1, 0.15) is 0 Å². The molecule has 0 unspecified atom stereocenters. The van der Waals surface area contributed by atoms with Gasteiger partial charge in [0.05, 0.1) is 6.20 Å². The maximum atomic E-state index is 11.7. The molecule has 0 saturated carbocycles. The van der Waals surface area contributed by atoms with Crippen molar-refractivity contribution in [2.24, 2.45) is 14.1 Å². The zero-order chi connectivity index (χ0) is 16.4. The fraction of sp³-hybridized carbons (Fsp3) is 0.118. The highest BCUT2D eigenvalue weighted by molar-refractivity contribution is 6.14. The van der Waals surface area contributed by atoms with E-state index < -0.39 is 0 Å². The minimum Gasteiger partial charge on any atom is -0.454 e. The maximum Gasteiger partial charge on any atom is 0.182 e. The Morgan fingerprint density at radius 3 is 2.88 bits per heavy atom. The monoisotopic (exact) mass is 319 g/mol. The molecule has 1 N–H and O–H groups in total. The van der Waals surface area contributed by atoms with Gasteiger partial charge in [0.15, 0.2) is 16.7 Å². The molecule has 5 aromatic rings. The van der Waals surface area contributed by atoms with Gasteiger partial charge in [0.1, 0.15) is 11.1 Å². The van der Waals surface area contributed by atoms with Gasteiger partial charge in [-0.1, -0.05) is 0 Å². The number of rotatable bonds is 1. The lowest BCUT2D eigenvalue weighted by atomic mass is 10.1. The van der Waals surface area contributed by atoms with Crippen LogP contribution in [0.5, 0.6) is 0 Å². The lowest BCUT2D eigenvalue weighted by molar-refractivity contribution is 0.669. The van der Waals surface area contributed by atoms with Gasteiger partial charge in [-0.25, -0.2) is 4.98 Å². The van der Waals surface area contributed by atoms with Gasteiger partial charge in [0.2, 0.25) is 0 Å². The number of aryl methyl sites for hydroxylation is 2. The number of hydrogen-bond donors (Lipinski definition) is 1. The third-order valence-corrected chi connectivity index (χ3v) is 4.30. The van der Waals surface area contributed by atoms with Crippen LogP contribution in [0, 0.1) is 0 Å². The summed E-state index contributed by atoms with van der Waals surface area (Å²) in [6.07, 6.45) is 5.64. The Labute approximate surface area is 135 Å². The van der Waals surface area contributed by atoms with Gasteiger partial charge < -0.3 is 9.52 Å². The molecule has 118 valence electrons. The smallest absolute Gasteiger partial charge is 0.182 e. The highest BCUT2D eigenvalue weighted by Gasteiger charge is 2.20. The molecule has 4 heterocycles. The van der Waals surface area contributed by atoms with Gasteiger partial charge in [-0.2, -0.15) is 5.10 Å². The largest absolute Gasteiger partial charge is 0.454 e. The second kappa shape index (κ2) is 4.35.